The molecule has 6 nitrogen and oxygen atoms in total. The van der Waals surface area contributed by atoms with E-state index >= 15 is 0 Å². The number of nitrogens with zero attached hydrogens (tertiary/aromatic N) is 3. The van der Waals surface area contributed by atoms with Gasteiger partial charge in [0, 0.05) is 37.8 Å². The lowest BCUT2D eigenvalue weighted by Gasteiger charge is -2.31. The Morgan fingerprint density at radius 2 is 2.18 bits per heavy atom. The normalized spacial score (nSPS) is 16.2. The molecule has 3 heterocycles. The molecule has 0 spiro atoms. The number of nitrogen functional groups attached to an aromatic ring is 1. The molecule has 1 amide bonds. The number of nitrogens with two attached hydrogens (primary N) is 1. The molecule has 0 radical (unpaired) electrons. The van der Waals surface area contributed by atoms with E-state index in [1.165, 1.54) is 0 Å². The predicted molar refractivity (Wildman–Crippen MR) is 83.6 cm³/mol. The fourth-order valence-electron chi connectivity index (χ4n) is 3.21. The molecule has 1 saturated heterocycles. The molecule has 1 fully saturated rings. The predicted octanol–water partition coefficient (Wildman–Crippen LogP) is 2.18. The number of hydrogen-bond acceptors (Lipinski definition) is 4. The van der Waals surface area contributed by atoms with Gasteiger partial charge >= 0.3 is 0 Å². The second-order valence-corrected chi connectivity index (χ2v) is 5.83. The minimum Gasteiger partial charge on any atom is -0.367 e. The van der Waals surface area contributed by atoms with Crippen molar-refractivity contribution >= 4 is 11.8 Å². The first-order valence-electron chi connectivity index (χ1n) is 7.76. The summed E-state index contributed by atoms with van der Waals surface area (Å²) >= 11 is 0. The van der Waals surface area contributed by atoms with E-state index in [4.69, 9.17) is 10.3 Å². The van der Waals surface area contributed by atoms with Crippen LogP contribution < -0.4 is 5.73 Å². The zero-order valence-electron chi connectivity index (χ0n) is 13.1. The lowest BCUT2D eigenvalue weighted by atomic mass is 9.90. The molecule has 0 bridgehead atoms. The average Bonchev–Trinajstić information content (AvgIpc) is 3.12. The summed E-state index contributed by atoms with van der Waals surface area (Å²) in [6.07, 6.45) is 4.52. The topological polar surface area (TPSA) is 77.3 Å². The van der Waals surface area contributed by atoms with Crippen LogP contribution in [0.15, 0.2) is 22.9 Å². The molecule has 0 saturated carbocycles. The number of aryl methyl sites for hydroxylation is 1. The van der Waals surface area contributed by atoms with Crippen molar-refractivity contribution in [2.45, 2.75) is 32.1 Å². The molecule has 2 aromatic rings. The number of carbonyl (C=O) groups excluding carboxylic acids is 1. The largest absolute Gasteiger partial charge is 0.367 e. The SMILES string of the molecule is CCc1c(C2CCN(C(=O)c3cccn3C)CC2)noc1N. The molecule has 0 unspecified atom stereocenters. The minimum absolute atomic E-state index is 0.0985. The average molecular weight is 302 g/mol. The van der Waals surface area contributed by atoms with Gasteiger partial charge in [0.1, 0.15) is 5.69 Å². The maximum absolute atomic E-state index is 12.5. The Labute approximate surface area is 129 Å². The van der Waals surface area contributed by atoms with E-state index in [0.29, 0.717) is 11.8 Å². The number of rotatable bonds is 3. The Hall–Kier alpha value is -2.24. The van der Waals surface area contributed by atoms with Crippen molar-refractivity contribution in [1.82, 2.24) is 14.6 Å². The van der Waals surface area contributed by atoms with Crippen molar-refractivity contribution in [3.05, 3.63) is 35.3 Å². The van der Waals surface area contributed by atoms with E-state index < -0.39 is 0 Å². The van der Waals surface area contributed by atoms with Crippen LogP contribution in [0.5, 0.6) is 0 Å². The lowest BCUT2D eigenvalue weighted by Crippen LogP contribution is -2.38. The summed E-state index contributed by atoms with van der Waals surface area (Å²) in [6, 6.07) is 3.76. The van der Waals surface area contributed by atoms with Crippen LogP contribution in [-0.4, -0.2) is 33.6 Å². The number of anilines is 1. The van der Waals surface area contributed by atoms with E-state index in [2.05, 4.69) is 12.1 Å². The van der Waals surface area contributed by atoms with Gasteiger partial charge in [0.2, 0.25) is 5.88 Å². The molecule has 0 aliphatic carbocycles. The van der Waals surface area contributed by atoms with Gasteiger partial charge < -0.3 is 19.7 Å². The van der Waals surface area contributed by atoms with Crippen molar-refractivity contribution in [2.24, 2.45) is 7.05 Å². The number of amides is 1. The number of aromatic nitrogens is 2. The Bertz CT molecular complexity index is 665. The van der Waals surface area contributed by atoms with Gasteiger partial charge in [-0.1, -0.05) is 12.1 Å². The lowest BCUT2D eigenvalue weighted by molar-refractivity contribution is 0.0701. The van der Waals surface area contributed by atoms with Crippen LogP contribution in [0.3, 0.4) is 0 Å². The summed E-state index contributed by atoms with van der Waals surface area (Å²) in [6.45, 7) is 3.54. The van der Waals surface area contributed by atoms with Gasteiger partial charge in [0.15, 0.2) is 0 Å². The van der Waals surface area contributed by atoms with Gasteiger partial charge in [-0.05, 0) is 31.4 Å². The summed E-state index contributed by atoms with van der Waals surface area (Å²) in [5.74, 6) is 0.856. The smallest absolute Gasteiger partial charge is 0.270 e. The monoisotopic (exact) mass is 302 g/mol. The zero-order chi connectivity index (χ0) is 15.7. The fraction of sp³-hybridized carbons (Fsp3) is 0.500. The van der Waals surface area contributed by atoms with Crippen molar-refractivity contribution in [3.63, 3.8) is 0 Å². The van der Waals surface area contributed by atoms with Crippen LogP contribution in [0.4, 0.5) is 5.88 Å². The van der Waals surface area contributed by atoms with Gasteiger partial charge in [-0.25, -0.2) is 0 Å². The van der Waals surface area contributed by atoms with E-state index in [1.807, 2.05) is 34.8 Å². The fourth-order valence-corrected chi connectivity index (χ4v) is 3.21. The first kappa shape index (κ1) is 14.7. The molecule has 0 atom stereocenters. The molecule has 1 aliphatic heterocycles. The van der Waals surface area contributed by atoms with Gasteiger partial charge in [-0.15, -0.1) is 0 Å². The van der Waals surface area contributed by atoms with Crippen LogP contribution in [0.1, 0.15) is 47.4 Å². The molecule has 22 heavy (non-hydrogen) atoms. The standard InChI is InChI=1S/C16H22N4O2/c1-3-12-14(18-22-15(12)17)11-6-9-20(10-7-11)16(21)13-5-4-8-19(13)2/h4-5,8,11H,3,6-7,9-10,17H2,1-2H3. The molecule has 1 aliphatic rings. The maximum Gasteiger partial charge on any atom is 0.270 e. The third-order valence-electron chi connectivity index (χ3n) is 4.53. The summed E-state index contributed by atoms with van der Waals surface area (Å²) < 4.78 is 7.00. The molecular formula is C16H22N4O2. The molecular weight excluding hydrogens is 280 g/mol. The summed E-state index contributed by atoms with van der Waals surface area (Å²) in [4.78, 5) is 14.4. The van der Waals surface area contributed by atoms with Crippen molar-refractivity contribution in [2.75, 3.05) is 18.8 Å². The van der Waals surface area contributed by atoms with Crippen LogP contribution in [0.25, 0.3) is 0 Å². The van der Waals surface area contributed by atoms with Crippen LogP contribution >= 0.6 is 0 Å². The highest BCUT2D eigenvalue weighted by Crippen LogP contribution is 2.32. The number of likely N-dealkylation sites (tertiary alicyclic amines) is 1. The third-order valence-corrected chi connectivity index (χ3v) is 4.53. The van der Waals surface area contributed by atoms with Crippen molar-refractivity contribution in [3.8, 4) is 0 Å². The van der Waals surface area contributed by atoms with Crippen LogP contribution in [-0.2, 0) is 13.5 Å². The van der Waals surface area contributed by atoms with E-state index in [9.17, 15) is 4.79 Å². The number of carbonyl (C=O) groups is 1. The first-order valence-corrected chi connectivity index (χ1v) is 7.76. The minimum atomic E-state index is 0.0985. The molecule has 2 aromatic heterocycles. The van der Waals surface area contributed by atoms with Crippen molar-refractivity contribution in [1.29, 1.82) is 0 Å². The van der Waals surface area contributed by atoms with Crippen molar-refractivity contribution < 1.29 is 9.32 Å². The van der Waals surface area contributed by atoms with Crippen LogP contribution in [0, 0.1) is 0 Å². The summed E-state index contributed by atoms with van der Waals surface area (Å²) in [5.41, 5.74) is 8.55. The Morgan fingerprint density at radius 3 is 2.77 bits per heavy atom. The highest BCUT2D eigenvalue weighted by molar-refractivity contribution is 5.92. The maximum atomic E-state index is 12.5. The van der Waals surface area contributed by atoms with Gasteiger partial charge in [-0.2, -0.15) is 0 Å². The number of piperidine rings is 1. The molecule has 118 valence electrons. The van der Waals surface area contributed by atoms with Gasteiger partial charge in [-0.3, -0.25) is 4.79 Å². The Kier molecular flexibility index (Phi) is 3.92. The quantitative estimate of drug-likeness (QED) is 0.942. The highest BCUT2D eigenvalue weighted by atomic mass is 16.5. The summed E-state index contributed by atoms with van der Waals surface area (Å²) in [7, 11) is 1.89. The second kappa shape index (κ2) is 5.87. The third kappa shape index (κ3) is 2.49. The van der Waals surface area contributed by atoms with Gasteiger partial charge in [0.05, 0.1) is 5.69 Å². The molecule has 6 heteroatoms. The highest BCUT2D eigenvalue weighted by Gasteiger charge is 2.29. The first-order chi connectivity index (χ1) is 10.6. The Balaban J connectivity index is 1.68. The molecule has 2 N–H and O–H groups in total. The van der Waals surface area contributed by atoms with E-state index in [0.717, 1.165) is 49.3 Å². The molecule has 0 aromatic carbocycles. The zero-order valence-corrected chi connectivity index (χ0v) is 13.1. The van der Waals surface area contributed by atoms with E-state index in [-0.39, 0.29) is 5.91 Å². The van der Waals surface area contributed by atoms with E-state index in [1.54, 1.807) is 0 Å². The van der Waals surface area contributed by atoms with Gasteiger partial charge in [0.25, 0.3) is 5.91 Å². The number of hydrogen-bond donors (Lipinski definition) is 1. The molecule has 3 rings (SSSR count). The Morgan fingerprint density at radius 1 is 1.45 bits per heavy atom. The second-order valence-electron chi connectivity index (χ2n) is 5.83. The summed E-state index contributed by atoms with van der Waals surface area (Å²) in [5, 5.41) is 4.14. The van der Waals surface area contributed by atoms with Crippen LogP contribution in [0.2, 0.25) is 0 Å².